The average Bonchev–Trinajstić information content (AvgIpc) is 2.87. The van der Waals surface area contributed by atoms with E-state index in [2.05, 4.69) is 17.6 Å². The number of alkyl carbamates (subject to hydrolysis) is 1. The molecule has 1 aromatic rings. The third kappa shape index (κ3) is 12.9. The molecule has 0 aliphatic heterocycles. The Morgan fingerprint density at radius 1 is 0.976 bits per heavy atom. The van der Waals surface area contributed by atoms with Crippen molar-refractivity contribution < 1.29 is 33.4 Å². The molecule has 11 nitrogen and oxygen atoms in total. The summed E-state index contributed by atoms with van der Waals surface area (Å²) < 4.78 is 10.3. The first-order valence-corrected chi connectivity index (χ1v) is 14.8. The number of ether oxygens (including phenoxy) is 2. The smallest absolute Gasteiger partial charge is 0.408 e. The normalized spacial score (nSPS) is 12.5. The summed E-state index contributed by atoms with van der Waals surface area (Å²) in [6.45, 7) is 13.0. The number of amides is 4. The average molecular weight is 591 g/mol. The van der Waals surface area contributed by atoms with E-state index in [0.717, 1.165) is 36.8 Å². The van der Waals surface area contributed by atoms with Gasteiger partial charge in [-0.1, -0.05) is 50.8 Å². The molecule has 2 unspecified atom stereocenters. The largest absolute Gasteiger partial charge is 0.466 e. The van der Waals surface area contributed by atoms with Crippen LogP contribution in [0.4, 0.5) is 4.79 Å². The fourth-order valence-corrected chi connectivity index (χ4v) is 4.61. The summed E-state index contributed by atoms with van der Waals surface area (Å²) in [4.78, 5) is 66.1. The van der Waals surface area contributed by atoms with Crippen LogP contribution in [0.5, 0.6) is 0 Å². The van der Waals surface area contributed by atoms with Gasteiger partial charge in [0.15, 0.2) is 0 Å². The van der Waals surface area contributed by atoms with Crippen LogP contribution in [0.25, 0.3) is 0 Å². The lowest BCUT2D eigenvalue weighted by molar-refractivity contribution is -0.144. The first-order valence-electron chi connectivity index (χ1n) is 14.8. The van der Waals surface area contributed by atoms with Gasteiger partial charge in [-0.3, -0.25) is 19.2 Å². The highest BCUT2D eigenvalue weighted by atomic mass is 16.6. The Morgan fingerprint density at radius 2 is 1.60 bits per heavy atom. The van der Waals surface area contributed by atoms with Gasteiger partial charge in [0.05, 0.1) is 19.4 Å². The SMILES string of the molecule is CCCCCCCN(C(=O)C(CC(N)=O)NC(=O)OC(C)(C)C)C(C(=O)NCCC(=O)OCC)c1c(C)cccc1C. The number of nitrogens with two attached hydrogens (primary N) is 1. The molecule has 0 aliphatic carbocycles. The Kier molecular flexibility index (Phi) is 15.6. The van der Waals surface area contributed by atoms with Crippen molar-refractivity contribution in [3.05, 3.63) is 34.9 Å². The Bertz CT molecular complexity index is 1050. The molecule has 0 saturated carbocycles. The van der Waals surface area contributed by atoms with Crippen molar-refractivity contribution in [2.45, 2.75) is 111 Å². The number of benzene rings is 1. The fraction of sp³-hybridized carbons (Fsp3) is 0.645. The molecule has 0 fully saturated rings. The Balaban J connectivity index is 3.55. The molecule has 0 heterocycles. The van der Waals surface area contributed by atoms with Crippen LogP contribution in [0.3, 0.4) is 0 Å². The standard InChI is InChI=1S/C31H50N4O7/c1-8-10-11-12-13-19-35(29(39)23(20-24(32)36)34-30(40)42-31(5,6)7)27(26-21(3)15-14-16-22(26)4)28(38)33-18-17-25(37)41-9-2/h14-16,23,27H,8-13,17-20H2,1-7H3,(H2,32,36)(H,33,38)(H,34,40). The maximum absolute atomic E-state index is 14.2. The molecule has 236 valence electrons. The van der Waals surface area contributed by atoms with E-state index in [-0.39, 0.29) is 26.1 Å². The highest BCUT2D eigenvalue weighted by Crippen LogP contribution is 2.29. The minimum atomic E-state index is -1.35. The van der Waals surface area contributed by atoms with Gasteiger partial charge >= 0.3 is 12.1 Å². The van der Waals surface area contributed by atoms with Gasteiger partial charge in [0.25, 0.3) is 0 Å². The highest BCUT2D eigenvalue weighted by molar-refractivity contribution is 5.95. The molecule has 1 rings (SSSR count). The third-order valence-corrected chi connectivity index (χ3v) is 6.49. The minimum absolute atomic E-state index is 0.0124. The van der Waals surface area contributed by atoms with Gasteiger partial charge in [-0.05, 0) is 64.7 Å². The Morgan fingerprint density at radius 3 is 2.14 bits per heavy atom. The van der Waals surface area contributed by atoms with Crippen molar-refractivity contribution in [2.24, 2.45) is 5.73 Å². The maximum atomic E-state index is 14.2. The van der Waals surface area contributed by atoms with E-state index in [9.17, 15) is 24.0 Å². The molecule has 4 N–H and O–H groups in total. The molecule has 0 aromatic heterocycles. The zero-order chi connectivity index (χ0) is 31.9. The second-order valence-electron chi connectivity index (χ2n) is 11.4. The molecular formula is C31H50N4O7. The number of carbonyl (C=O) groups is 5. The molecule has 2 atom stereocenters. The molecule has 42 heavy (non-hydrogen) atoms. The van der Waals surface area contributed by atoms with Crippen LogP contribution in [-0.2, 0) is 28.7 Å². The van der Waals surface area contributed by atoms with Crippen molar-refractivity contribution in [3.63, 3.8) is 0 Å². The van der Waals surface area contributed by atoms with Gasteiger partial charge in [-0.2, -0.15) is 0 Å². The van der Waals surface area contributed by atoms with Crippen LogP contribution in [0, 0.1) is 13.8 Å². The number of primary amides is 1. The van der Waals surface area contributed by atoms with E-state index in [1.807, 2.05) is 32.0 Å². The Hall–Kier alpha value is -3.63. The van der Waals surface area contributed by atoms with Gasteiger partial charge in [0.1, 0.15) is 17.7 Å². The first kappa shape index (κ1) is 36.4. The zero-order valence-electron chi connectivity index (χ0n) is 26.3. The van der Waals surface area contributed by atoms with E-state index >= 15 is 0 Å². The predicted octanol–water partition coefficient (Wildman–Crippen LogP) is 3.98. The lowest BCUT2D eigenvalue weighted by atomic mass is 9.93. The van der Waals surface area contributed by atoms with Crippen molar-refractivity contribution in [3.8, 4) is 0 Å². The predicted molar refractivity (Wildman–Crippen MR) is 160 cm³/mol. The van der Waals surface area contributed by atoms with Crippen molar-refractivity contribution in [2.75, 3.05) is 19.7 Å². The first-order chi connectivity index (χ1) is 19.7. The second kappa shape index (κ2) is 18.0. The lowest BCUT2D eigenvalue weighted by Gasteiger charge is -2.35. The Labute approximate surface area is 250 Å². The number of hydrogen-bond acceptors (Lipinski definition) is 7. The summed E-state index contributed by atoms with van der Waals surface area (Å²) in [5.74, 6) is -2.37. The van der Waals surface area contributed by atoms with Crippen molar-refractivity contribution in [1.29, 1.82) is 0 Å². The molecule has 1 aromatic carbocycles. The number of aryl methyl sites for hydroxylation is 2. The number of rotatable bonds is 17. The summed E-state index contributed by atoms with van der Waals surface area (Å²) in [5.41, 5.74) is 6.84. The summed E-state index contributed by atoms with van der Waals surface area (Å²) in [7, 11) is 0. The third-order valence-electron chi connectivity index (χ3n) is 6.49. The van der Waals surface area contributed by atoms with Crippen LogP contribution in [0.1, 0.15) is 102 Å². The van der Waals surface area contributed by atoms with E-state index in [1.54, 1.807) is 27.7 Å². The van der Waals surface area contributed by atoms with Crippen LogP contribution < -0.4 is 16.4 Å². The number of nitrogens with one attached hydrogen (secondary N) is 2. The van der Waals surface area contributed by atoms with Gasteiger partial charge in [0, 0.05) is 13.1 Å². The summed E-state index contributed by atoms with van der Waals surface area (Å²) >= 11 is 0. The maximum Gasteiger partial charge on any atom is 0.408 e. The van der Waals surface area contributed by atoms with Gasteiger partial charge < -0.3 is 30.7 Å². The number of carbonyl (C=O) groups excluding carboxylic acids is 5. The summed E-state index contributed by atoms with van der Waals surface area (Å²) in [6, 6.07) is 3.12. The highest BCUT2D eigenvalue weighted by Gasteiger charge is 2.38. The quantitative estimate of drug-likeness (QED) is 0.183. The molecule has 0 bridgehead atoms. The van der Waals surface area contributed by atoms with Crippen LogP contribution >= 0.6 is 0 Å². The minimum Gasteiger partial charge on any atom is -0.466 e. The molecule has 0 aliphatic rings. The number of esters is 1. The molecular weight excluding hydrogens is 540 g/mol. The fourth-order valence-electron chi connectivity index (χ4n) is 4.61. The van der Waals surface area contributed by atoms with Crippen molar-refractivity contribution in [1.82, 2.24) is 15.5 Å². The van der Waals surface area contributed by atoms with E-state index in [1.165, 1.54) is 4.90 Å². The molecule has 0 spiro atoms. The molecule has 4 amide bonds. The van der Waals surface area contributed by atoms with E-state index in [0.29, 0.717) is 12.0 Å². The van der Waals surface area contributed by atoms with Gasteiger partial charge in [0.2, 0.25) is 17.7 Å². The summed E-state index contributed by atoms with van der Waals surface area (Å²) in [5, 5.41) is 5.28. The lowest BCUT2D eigenvalue weighted by Crippen LogP contribution is -2.54. The van der Waals surface area contributed by atoms with Gasteiger partial charge in [-0.25, -0.2) is 4.79 Å². The van der Waals surface area contributed by atoms with Crippen molar-refractivity contribution >= 4 is 29.8 Å². The topological polar surface area (TPSA) is 157 Å². The zero-order valence-corrected chi connectivity index (χ0v) is 26.3. The van der Waals surface area contributed by atoms with Gasteiger partial charge in [-0.15, -0.1) is 0 Å². The van der Waals surface area contributed by atoms with Crippen LogP contribution in [0.15, 0.2) is 18.2 Å². The number of nitrogens with zero attached hydrogens (tertiary/aromatic N) is 1. The van der Waals surface area contributed by atoms with E-state index < -0.39 is 53.9 Å². The molecule has 0 saturated heterocycles. The van der Waals surface area contributed by atoms with Crippen LogP contribution in [-0.4, -0.2) is 66.0 Å². The number of hydrogen-bond donors (Lipinski definition) is 3. The monoisotopic (exact) mass is 590 g/mol. The summed E-state index contributed by atoms with van der Waals surface area (Å²) in [6.07, 6.45) is 3.06. The van der Waals surface area contributed by atoms with E-state index in [4.69, 9.17) is 15.2 Å². The molecule has 11 heteroatoms. The molecule has 0 radical (unpaired) electrons. The van der Waals surface area contributed by atoms with Crippen LogP contribution in [0.2, 0.25) is 0 Å². The number of unbranched alkanes of at least 4 members (excludes halogenated alkanes) is 4. The second-order valence-corrected chi connectivity index (χ2v) is 11.4.